The van der Waals surface area contributed by atoms with Crippen molar-refractivity contribution < 1.29 is 14.7 Å². The summed E-state index contributed by atoms with van der Waals surface area (Å²) in [6, 6.07) is -0.384. The summed E-state index contributed by atoms with van der Waals surface area (Å²) in [5.74, 6) is -0.914. The molecule has 0 fully saturated rings. The van der Waals surface area contributed by atoms with Gasteiger partial charge in [0, 0.05) is 31.9 Å². The number of rotatable bonds is 6. The molecule has 1 aromatic heterocycles. The predicted octanol–water partition coefficient (Wildman–Crippen LogP) is 0.720. The fourth-order valence-corrected chi connectivity index (χ4v) is 1.44. The van der Waals surface area contributed by atoms with E-state index < -0.39 is 11.4 Å². The van der Waals surface area contributed by atoms with Crippen molar-refractivity contribution >= 4 is 12.0 Å². The Kier molecular flexibility index (Phi) is 4.91. The first-order valence-electron chi connectivity index (χ1n) is 6.10. The van der Waals surface area contributed by atoms with Gasteiger partial charge in [-0.05, 0) is 13.3 Å². The molecule has 0 aliphatic heterocycles. The lowest BCUT2D eigenvalue weighted by atomic mass is 9.88. The molecule has 0 aliphatic carbocycles. The number of hydrogen-bond donors (Lipinski definition) is 3. The van der Waals surface area contributed by atoms with Crippen molar-refractivity contribution in [3.05, 3.63) is 18.0 Å². The molecule has 2 amide bonds. The normalized spacial score (nSPS) is 13.6. The van der Waals surface area contributed by atoms with Crippen molar-refractivity contribution in [1.82, 2.24) is 20.4 Å². The molecule has 3 N–H and O–H groups in total. The summed E-state index contributed by atoms with van der Waals surface area (Å²) in [5.41, 5.74) is -0.0554. The Morgan fingerprint density at radius 3 is 2.63 bits per heavy atom. The largest absolute Gasteiger partial charge is 0.481 e. The minimum absolute atomic E-state index is 0.0949. The summed E-state index contributed by atoms with van der Waals surface area (Å²) in [6.07, 6.45) is 3.91. The number of aliphatic carboxylic acids is 1. The smallest absolute Gasteiger partial charge is 0.315 e. The zero-order chi connectivity index (χ0) is 14.5. The second-order valence-corrected chi connectivity index (χ2v) is 4.78. The fraction of sp³-hybridized carbons (Fsp3) is 0.583. The number of aryl methyl sites for hydroxylation is 1. The maximum atomic E-state index is 11.6. The quantitative estimate of drug-likeness (QED) is 0.708. The molecule has 0 radical (unpaired) electrons. The molecular weight excluding hydrogens is 248 g/mol. The highest BCUT2D eigenvalue weighted by molar-refractivity contribution is 5.77. The minimum atomic E-state index is -0.939. The summed E-state index contributed by atoms with van der Waals surface area (Å²) in [5, 5.41) is 18.3. The van der Waals surface area contributed by atoms with Crippen molar-refractivity contribution in [2.75, 3.05) is 6.54 Å². The van der Waals surface area contributed by atoms with Crippen LogP contribution in [0.1, 0.15) is 25.8 Å². The number of hydrogen-bond acceptors (Lipinski definition) is 3. The molecule has 1 rings (SSSR count). The Bertz CT molecular complexity index is 458. The van der Waals surface area contributed by atoms with E-state index in [-0.39, 0.29) is 12.6 Å². The maximum Gasteiger partial charge on any atom is 0.315 e. The van der Waals surface area contributed by atoms with Crippen LogP contribution < -0.4 is 10.6 Å². The van der Waals surface area contributed by atoms with Gasteiger partial charge in [-0.15, -0.1) is 0 Å². The number of carboxylic acids is 1. The van der Waals surface area contributed by atoms with Gasteiger partial charge in [0.2, 0.25) is 0 Å². The highest BCUT2D eigenvalue weighted by atomic mass is 16.4. The van der Waals surface area contributed by atoms with Crippen LogP contribution in [-0.4, -0.2) is 33.4 Å². The van der Waals surface area contributed by atoms with Gasteiger partial charge in [-0.1, -0.05) is 6.92 Å². The first-order valence-corrected chi connectivity index (χ1v) is 6.10. The van der Waals surface area contributed by atoms with Gasteiger partial charge in [-0.3, -0.25) is 9.48 Å². The van der Waals surface area contributed by atoms with Gasteiger partial charge in [0.25, 0.3) is 0 Å². The lowest BCUT2D eigenvalue weighted by Crippen LogP contribution is -2.44. The molecule has 7 nitrogen and oxygen atoms in total. The third kappa shape index (κ3) is 4.27. The van der Waals surface area contributed by atoms with Crippen molar-refractivity contribution in [2.24, 2.45) is 12.5 Å². The Morgan fingerprint density at radius 1 is 1.47 bits per heavy atom. The first kappa shape index (κ1) is 15.0. The zero-order valence-electron chi connectivity index (χ0n) is 11.4. The van der Waals surface area contributed by atoms with Crippen molar-refractivity contribution in [1.29, 1.82) is 0 Å². The fourth-order valence-electron chi connectivity index (χ4n) is 1.44. The number of nitrogens with zero attached hydrogens (tertiary/aromatic N) is 2. The van der Waals surface area contributed by atoms with Crippen LogP contribution in [0, 0.1) is 5.41 Å². The predicted molar refractivity (Wildman–Crippen MR) is 69.5 cm³/mol. The lowest BCUT2D eigenvalue weighted by Gasteiger charge is -2.23. The third-order valence-electron chi connectivity index (χ3n) is 3.15. The Balaban J connectivity index is 2.37. The number of carbonyl (C=O) groups excluding carboxylic acids is 1. The highest BCUT2D eigenvalue weighted by Crippen LogP contribution is 2.19. The minimum Gasteiger partial charge on any atom is -0.481 e. The van der Waals surface area contributed by atoms with Crippen LogP contribution in [0.2, 0.25) is 0 Å². The Morgan fingerprint density at radius 2 is 2.16 bits per heavy atom. The summed E-state index contributed by atoms with van der Waals surface area (Å²) >= 11 is 0. The molecule has 0 aromatic carbocycles. The molecule has 7 heteroatoms. The van der Waals surface area contributed by atoms with Crippen molar-refractivity contribution in [2.45, 2.75) is 26.8 Å². The van der Waals surface area contributed by atoms with Gasteiger partial charge >= 0.3 is 12.0 Å². The number of carboxylic acid groups (broad SMARTS) is 1. The van der Waals surface area contributed by atoms with E-state index in [9.17, 15) is 9.59 Å². The highest BCUT2D eigenvalue weighted by Gasteiger charge is 2.31. The second kappa shape index (κ2) is 6.21. The van der Waals surface area contributed by atoms with Gasteiger partial charge in [-0.25, -0.2) is 4.79 Å². The molecule has 0 bridgehead atoms. The van der Waals surface area contributed by atoms with Gasteiger partial charge in [0.15, 0.2) is 0 Å². The van der Waals surface area contributed by atoms with E-state index in [1.54, 1.807) is 38.0 Å². The monoisotopic (exact) mass is 268 g/mol. The summed E-state index contributed by atoms with van der Waals surface area (Å²) in [7, 11) is 1.79. The molecular formula is C12H20N4O3. The Labute approximate surface area is 112 Å². The van der Waals surface area contributed by atoms with E-state index in [0.29, 0.717) is 13.0 Å². The summed E-state index contributed by atoms with van der Waals surface area (Å²) in [4.78, 5) is 22.6. The van der Waals surface area contributed by atoms with Crippen molar-refractivity contribution in [3.63, 3.8) is 0 Å². The topological polar surface area (TPSA) is 96.3 Å². The molecule has 19 heavy (non-hydrogen) atoms. The first-order chi connectivity index (χ1) is 8.87. The molecule has 0 spiro atoms. The lowest BCUT2D eigenvalue weighted by molar-refractivity contribution is -0.147. The van der Waals surface area contributed by atoms with Gasteiger partial charge in [0.1, 0.15) is 0 Å². The van der Waals surface area contributed by atoms with E-state index in [2.05, 4.69) is 15.7 Å². The molecule has 106 valence electrons. The molecule has 0 saturated carbocycles. The molecule has 1 aromatic rings. The van der Waals surface area contributed by atoms with Gasteiger partial charge in [-0.2, -0.15) is 5.10 Å². The molecule has 1 unspecified atom stereocenters. The number of aromatic nitrogens is 2. The maximum absolute atomic E-state index is 11.6. The van der Waals surface area contributed by atoms with Crippen LogP contribution in [0.3, 0.4) is 0 Å². The van der Waals surface area contributed by atoms with Gasteiger partial charge in [0.05, 0.1) is 11.6 Å². The van der Waals surface area contributed by atoms with Crippen LogP contribution in [0.25, 0.3) is 0 Å². The number of amides is 2. The molecule has 1 heterocycles. The van der Waals surface area contributed by atoms with Crippen LogP contribution in [-0.2, 0) is 18.4 Å². The summed E-state index contributed by atoms with van der Waals surface area (Å²) in [6.45, 7) is 3.84. The summed E-state index contributed by atoms with van der Waals surface area (Å²) < 4.78 is 1.65. The van der Waals surface area contributed by atoms with E-state index in [4.69, 9.17) is 5.11 Å². The van der Waals surface area contributed by atoms with E-state index in [1.807, 2.05) is 0 Å². The van der Waals surface area contributed by atoms with E-state index in [1.165, 1.54) is 0 Å². The molecule has 1 atom stereocenters. The Hall–Kier alpha value is -2.05. The number of urea groups is 1. The van der Waals surface area contributed by atoms with E-state index >= 15 is 0 Å². The van der Waals surface area contributed by atoms with Crippen LogP contribution in [0.15, 0.2) is 12.4 Å². The third-order valence-corrected chi connectivity index (χ3v) is 3.15. The molecule has 0 aliphatic rings. The van der Waals surface area contributed by atoms with Crippen LogP contribution in [0.4, 0.5) is 4.79 Å². The average Bonchev–Trinajstić information content (AvgIpc) is 2.79. The standard InChI is InChI=1S/C12H20N4O3/c1-4-12(2,10(17)18)8-14-11(19)13-5-9-6-15-16(3)7-9/h6-7H,4-5,8H2,1-3H3,(H,17,18)(H2,13,14,19). The SMILES string of the molecule is CCC(C)(CNC(=O)NCc1cnn(C)c1)C(=O)O. The van der Waals surface area contributed by atoms with Crippen LogP contribution in [0.5, 0.6) is 0 Å². The van der Waals surface area contributed by atoms with E-state index in [0.717, 1.165) is 5.56 Å². The molecule has 0 saturated heterocycles. The van der Waals surface area contributed by atoms with Crippen LogP contribution >= 0.6 is 0 Å². The number of carbonyl (C=O) groups is 2. The van der Waals surface area contributed by atoms with Crippen molar-refractivity contribution in [3.8, 4) is 0 Å². The average molecular weight is 268 g/mol. The number of nitrogens with one attached hydrogen (secondary N) is 2. The second-order valence-electron chi connectivity index (χ2n) is 4.78. The van der Waals surface area contributed by atoms with Gasteiger partial charge < -0.3 is 15.7 Å². The zero-order valence-corrected chi connectivity index (χ0v) is 11.4.